The smallest absolute Gasteiger partial charge is 0.143 e. The normalized spacial score (nSPS) is 11.8. The second-order valence-electron chi connectivity index (χ2n) is 6.68. The summed E-state index contributed by atoms with van der Waals surface area (Å²) in [6.07, 6.45) is 1.77. The third-order valence-electron chi connectivity index (χ3n) is 5.25. The van der Waals surface area contributed by atoms with Crippen LogP contribution >= 0.6 is 0 Å². The van der Waals surface area contributed by atoms with Crippen molar-refractivity contribution in [3.8, 4) is 5.69 Å². The Bertz CT molecular complexity index is 1430. The van der Waals surface area contributed by atoms with Crippen molar-refractivity contribution in [3.63, 3.8) is 0 Å². The lowest BCUT2D eigenvalue weighted by Gasteiger charge is -2.09. The quantitative estimate of drug-likeness (QED) is 0.328. The Morgan fingerprint density at radius 1 is 0.615 bits per heavy atom. The number of hydrogen-bond donors (Lipinski definition) is 0. The topological polar surface area (TPSA) is 18.1 Å². The van der Waals surface area contributed by atoms with Gasteiger partial charge in [-0.05, 0) is 47.2 Å². The van der Waals surface area contributed by atoms with Gasteiger partial charge in [0.15, 0.2) is 0 Å². The molecule has 6 rings (SSSR count). The molecule has 26 heavy (non-hydrogen) atoms. The molecule has 0 atom stereocenters. The van der Waals surface area contributed by atoms with Gasteiger partial charge in [-0.25, -0.2) is 0 Å². The standard InChI is InChI=1S/C24H15NO/c1-2-6-18-15-19(11-9-16(18)5-1)25-21-8-4-3-7-20(21)23-22(25)12-10-17-13-14-26-24(17)23/h1-15H. The molecule has 0 amide bonds. The first-order chi connectivity index (χ1) is 12.9. The average Bonchev–Trinajstić information content (AvgIpc) is 3.29. The lowest BCUT2D eigenvalue weighted by atomic mass is 10.1. The minimum Gasteiger partial charge on any atom is -0.464 e. The Hall–Kier alpha value is -3.52. The van der Waals surface area contributed by atoms with Crippen molar-refractivity contribution in [2.75, 3.05) is 0 Å². The highest BCUT2D eigenvalue weighted by Gasteiger charge is 2.16. The third kappa shape index (κ3) is 1.76. The van der Waals surface area contributed by atoms with Gasteiger partial charge in [-0.3, -0.25) is 0 Å². The molecular formula is C24H15NO. The number of aromatic nitrogens is 1. The van der Waals surface area contributed by atoms with E-state index in [0.29, 0.717) is 0 Å². The van der Waals surface area contributed by atoms with Gasteiger partial charge in [-0.1, -0.05) is 48.5 Å². The fraction of sp³-hybridized carbons (Fsp3) is 0. The number of rotatable bonds is 1. The Kier molecular flexibility index (Phi) is 2.64. The van der Waals surface area contributed by atoms with Crippen molar-refractivity contribution < 1.29 is 4.42 Å². The first kappa shape index (κ1) is 13.7. The van der Waals surface area contributed by atoms with E-state index in [-0.39, 0.29) is 0 Å². The SMILES string of the molecule is c1ccc2cc(-n3c4ccccc4c4c5occc5ccc43)ccc2c1. The van der Waals surface area contributed by atoms with E-state index in [2.05, 4.69) is 83.4 Å². The van der Waals surface area contributed by atoms with Gasteiger partial charge in [-0.2, -0.15) is 0 Å². The molecule has 122 valence electrons. The zero-order valence-corrected chi connectivity index (χ0v) is 14.0. The maximum Gasteiger partial charge on any atom is 0.143 e. The van der Waals surface area contributed by atoms with Crippen LogP contribution in [0.5, 0.6) is 0 Å². The number of nitrogens with zero attached hydrogens (tertiary/aromatic N) is 1. The summed E-state index contributed by atoms with van der Waals surface area (Å²) in [5, 5.41) is 6.03. The second kappa shape index (κ2) is 4.99. The summed E-state index contributed by atoms with van der Waals surface area (Å²) in [5.41, 5.74) is 4.49. The van der Waals surface area contributed by atoms with E-state index in [1.54, 1.807) is 6.26 Å². The van der Waals surface area contributed by atoms with Gasteiger partial charge in [0.1, 0.15) is 5.58 Å². The summed E-state index contributed by atoms with van der Waals surface area (Å²) in [5.74, 6) is 0. The maximum absolute atomic E-state index is 5.85. The van der Waals surface area contributed by atoms with Crippen molar-refractivity contribution in [1.29, 1.82) is 0 Å². The van der Waals surface area contributed by atoms with Gasteiger partial charge < -0.3 is 8.98 Å². The van der Waals surface area contributed by atoms with Crippen molar-refractivity contribution >= 4 is 43.5 Å². The van der Waals surface area contributed by atoms with E-state index in [1.165, 1.54) is 38.3 Å². The molecule has 0 saturated carbocycles. The van der Waals surface area contributed by atoms with Gasteiger partial charge >= 0.3 is 0 Å². The molecule has 2 aromatic heterocycles. The Morgan fingerprint density at radius 3 is 2.38 bits per heavy atom. The van der Waals surface area contributed by atoms with Crippen molar-refractivity contribution in [2.45, 2.75) is 0 Å². The highest BCUT2D eigenvalue weighted by Crippen LogP contribution is 2.37. The summed E-state index contributed by atoms with van der Waals surface area (Å²) < 4.78 is 8.18. The van der Waals surface area contributed by atoms with E-state index in [0.717, 1.165) is 11.0 Å². The van der Waals surface area contributed by atoms with Crippen LogP contribution in [-0.4, -0.2) is 4.57 Å². The summed E-state index contributed by atoms with van der Waals surface area (Å²) in [7, 11) is 0. The highest BCUT2D eigenvalue weighted by molar-refractivity contribution is 6.19. The van der Waals surface area contributed by atoms with Gasteiger partial charge in [0, 0.05) is 16.5 Å². The van der Waals surface area contributed by atoms with E-state index in [1.807, 2.05) is 6.07 Å². The second-order valence-corrected chi connectivity index (χ2v) is 6.68. The highest BCUT2D eigenvalue weighted by atomic mass is 16.3. The molecule has 0 spiro atoms. The Balaban J connectivity index is 1.81. The first-order valence-corrected chi connectivity index (χ1v) is 8.79. The van der Waals surface area contributed by atoms with Crippen molar-refractivity contribution in [3.05, 3.63) is 91.2 Å². The zero-order chi connectivity index (χ0) is 17.1. The van der Waals surface area contributed by atoms with Gasteiger partial charge in [0.25, 0.3) is 0 Å². The number of benzene rings is 4. The predicted octanol–water partition coefficient (Wildman–Crippen LogP) is 6.68. The molecule has 6 aromatic rings. The van der Waals surface area contributed by atoms with Gasteiger partial charge in [0.2, 0.25) is 0 Å². The van der Waals surface area contributed by atoms with Crippen molar-refractivity contribution in [2.24, 2.45) is 0 Å². The first-order valence-electron chi connectivity index (χ1n) is 8.79. The summed E-state index contributed by atoms with van der Waals surface area (Å²) in [4.78, 5) is 0. The van der Waals surface area contributed by atoms with Crippen LogP contribution in [-0.2, 0) is 0 Å². The molecule has 0 aliphatic rings. The van der Waals surface area contributed by atoms with Crippen LogP contribution in [0.15, 0.2) is 95.6 Å². The van der Waals surface area contributed by atoms with E-state index >= 15 is 0 Å². The molecule has 4 aromatic carbocycles. The number of hydrogen-bond acceptors (Lipinski definition) is 1. The van der Waals surface area contributed by atoms with Crippen LogP contribution in [0.4, 0.5) is 0 Å². The molecule has 0 saturated heterocycles. The molecule has 0 fully saturated rings. The van der Waals surface area contributed by atoms with Crippen LogP contribution < -0.4 is 0 Å². The monoisotopic (exact) mass is 333 g/mol. The van der Waals surface area contributed by atoms with E-state index in [4.69, 9.17) is 4.42 Å². The lowest BCUT2D eigenvalue weighted by molar-refractivity contribution is 0.619. The van der Waals surface area contributed by atoms with Crippen LogP contribution in [0.1, 0.15) is 0 Å². The summed E-state index contributed by atoms with van der Waals surface area (Å²) in [6, 6.07) is 30.0. The molecule has 0 N–H and O–H groups in total. The lowest BCUT2D eigenvalue weighted by Crippen LogP contribution is -1.93. The third-order valence-corrected chi connectivity index (χ3v) is 5.25. The van der Waals surface area contributed by atoms with Crippen molar-refractivity contribution in [1.82, 2.24) is 4.57 Å². The maximum atomic E-state index is 5.85. The average molecular weight is 333 g/mol. The molecule has 0 bridgehead atoms. The van der Waals surface area contributed by atoms with Crippen LogP contribution in [0, 0.1) is 0 Å². The van der Waals surface area contributed by atoms with E-state index < -0.39 is 0 Å². The largest absolute Gasteiger partial charge is 0.464 e. The molecule has 0 aliphatic heterocycles. The fourth-order valence-electron chi connectivity index (χ4n) is 4.07. The molecule has 0 unspecified atom stereocenters. The minimum atomic E-state index is 0.957. The molecule has 0 radical (unpaired) electrons. The fourth-order valence-corrected chi connectivity index (χ4v) is 4.07. The van der Waals surface area contributed by atoms with Gasteiger partial charge in [-0.15, -0.1) is 0 Å². The number of fused-ring (bicyclic) bond motifs is 6. The zero-order valence-electron chi connectivity index (χ0n) is 14.0. The number of para-hydroxylation sites is 1. The van der Waals surface area contributed by atoms with E-state index in [9.17, 15) is 0 Å². The molecule has 0 aliphatic carbocycles. The molecule has 2 nitrogen and oxygen atoms in total. The summed E-state index contributed by atoms with van der Waals surface area (Å²) >= 11 is 0. The van der Waals surface area contributed by atoms with Crippen LogP contribution in [0.3, 0.4) is 0 Å². The molecular weight excluding hydrogens is 318 g/mol. The Morgan fingerprint density at radius 2 is 1.42 bits per heavy atom. The predicted molar refractivity (Wildman–Crippen MR) is 108 cm³/mol. The van der Waals surface area contributed by atoms with Crippen LogP contribution in [0.2, 0.25) is 0 Å². The number of furan rings is 1. The van der Waals surface area contributed by atoms with Crippen LogP contribution in [0.25, 0.3) is 49.2 Å². The molecule has 2 heteroatoms. The molecule has 2 heterocycles. The Labute approximate surface area is 149 Å². The van der Waals surface area contributed by atoms with Gasteiger partial charge in [0.05, 0.1) is 22.7 Å². The summed E-state index contributed by atoms with van der Waals surface area (Å²) in [6.45, 7) is 0. The minimum absolute atomic E-state index is 0.957.